The van der Waals surface area contributed by atoms with E-state index in [1.54, 1.807) is 11.3 Å². The molecule has 5 aliphatic carbocycles. The number of hydrogen-bond acceptors (Lipinski definition) is 8. The summed E-state index contributed by atoms with van der Waals surface area (Å²) in [6.45, 7) is 12.1. The molecule has 0 saturated heterocycles. The molecule has 0 bridgehead atoms. The van der Waals surface area contributed by atoms with Crippen LogP contribution >= 0.6 is 34.0 Å². The van der Waals surface area contributed by atoms with Gasteiger partial charge in [-0.25, -0.2) is 15.0 Å². The maximum Gasteiger partial charge on any atom is 0.231 e. The van der Waals surface area contributed by atoms with E-state index in [-0.39, 0.29) is 21.7 Å². The molecule has 5 nitrogen and oxygen atoms in total. The minimum Gasteiger partial charge on any atom is -0.438 e. The van der Waals surface area contributed by atoms with Crippen LogP contribution in [0.3, 0.4) is 0 Å². The number of benzene rings is 14. The van der Waals surface area contributed by atoms with Gasteiger partial charge in [-0.3, -0.25) is 0 Å². The van der Waals surface area contributed by atoms with Crippen molar-refractivity contribution in [3.8, 4) is 112 Å². The molecule has 14 aromatic carbocycles. The minimum absolute atomic E-state index is 0.0575. The molecule has 1 atom stereocenters. The average molecular weight is 1530 g/mol. The van der Waals surface area contributed by atoms with Crippen LogP contribution in [0, 0.1) is 0 Å². The van der Waals surface area contributed by atoms with Gasteiger partial charge >= 0.3 is 0 Å². The van der Waals surface area contributed by atoms with Gasteiger partial charge < -0.3 is 4.42 Å². The van der Waals surface area contributed by atoms with E-state index in [0.29, 0.717) is 11.5 Å². The third kappa shape index (κ3) is 9.36. The quantitative estimate of drug-likeness (QED) is 0.152. The van der Waals surface area contributed by atoms with E-state index in [9.17, 15) is 0 Å². The van der Waals surface area contributed by atoms with Gasteiger partial charge in [0.15, 0.2) is 11.6 Å². The summed E-state index contributed by atoms with van der Waals surface area (Å²) in [6, 6.07) is 108. The molecule has 1 saturated carbocycles. The summed E-state index contributed by atoms with van der Waals surface area (Å²) in [5, 5.41) is 9.21. The van der Waals surface area contributed by atoms with Gasteiger partial charge in [0.25, 0.3) is 0 Å². The van der Waals surface area contributed by atoms with Crippen LogP contribution in [-0.4, -0.2) is 19.9 Å². The molecule has 0 radical (unpaired) electrons. The second-order valence-electron chi connectivity index (χ2n) is 34.3. The second-order valence-corrected chi connectivity index (χ2v) is 37.4. The number of furan rings is 1. The lowest BCUT2D eigenvalue weighted by molar-refractivity contribution is 0.353. The molecule has 5 aliphatic rings. The van der Waals surface area contributed by atoms with Crippen molar-refractivity contribution in [1.82, 2.24) is 19.9 Å². The molecule has 1 spiro atoms. The first-order chi connectivity index (χ1) is 56.3. The summed E-state index contributed by atoms with van der Waals surface area (Å²) in [7, 11) is 0. The van der Waals surface area contributed by atoms with Crippen LogP contribution in [0.1, 0.15) is 117 Å². The highest BCUT2D eigenvalue weighted by atomic mass is 32.1. The molecule has 6 heterocycles. The number of rotatable bonds is 8. The van der Waals surface area contributed by atoms with Crippen molar-refractivity contribution >= 4 is 117 Å². The van der Waals surface area contributed by atoms with Gasteiger partial charge in [0, 0.05) is 105 Å². The summed E-state index contributed by atoms with van der Waals surface area (Å²) in [6.07, 6.45) is 6.78. The Balaban J connectivity index is 0.554. The Morgan fingerprint density at radius 1 is 0.304 bits per heavy atom. The number of nitrogens with zero attached hydrogens (tertiary/aromatic N) is 4. The first kappa shape index (κ1) is 66.2. The third-order valence-electron chi connectivity index (χ3n) is 27.4. The molecule has 0 aliphatic heterocycles. The Hall–Kier alpha value is -12.3. The molecular weight excluding hydrogens is 1450 g/mol. The normalized spacial score (nSPS) is 16.3. The van der Waals surface area contributed by atoms with Gasteiger partial charge in [-0.05, 0) is 221 Å². The molecule has 25 rings (SSSR count). The predicted octanol–water partition coefficient (Wildman–Crippen LogP) is 29.6. The first-order valence-corrected chi connectivity index (χ1v) is 43.1. The first-order valence-electron chi connectivity index (χ1n) is 40.6. The van der Waals surface area contributed by atoms with E-state index < -0.39 is 0 Å². The van der Waals surface area contributed by atoms with Crippen molar-refractivity contribution in [3.05, 3.63) is 335 Å². The molecular formula is C107H74N4OS3. The second kappa shape index (κ2) is 23.9. The number of aromatic nitrogens is 4. The lowest BCUT2D eigenvalue weighted by Crippen LogP contribution is -2.28. The van der Waals surface area contributed by atoms with Crippen molar-refractivity contribution < 1.29 is 4.42 Å². The highest BCUT2D eigenvalue weighted by Gasteiger charge is 2.49. The standard InChI is InChI=1S/C107H74N4OS3/c1-104(2)82-34-16-13-27-66(82)76-54-86-77(55-85(76)104)68-43-38-64(52-84(68)105(86,3)4)62-40-45-92-80(50-62)70-30-21-32-74(98(70)113-92)100-108-96(60-23-9-6-10-24-60)94-72-42-37-59(49-90(72)112-102(94)110-100)58-106(5)83-35-17-14-28-67(83)78-57-89-79(56-87(78)106)69-44-39-65(53-88(69)107(89)47-19-8-20-48-107)63-41-46-93-81(51-63)71-31-22-33-75(99(71)114-93)101-109-97(61-25-11-7-12-26-61)95-73-29-15-18-36-91(73)115-103(95)111-101/h6-7,9-18,21-46,49-57H,8,19-20,47-48,58H2,1-5H3. The topological polar surface area (TPSA) is 64.7 Å². The third-order valence-corrected chi connectivity index (χ3v) is 30.9. The van der Waals surface area contributed by atoms with Gasteiger partial charge in [-0.1, -0.05) is 254 Å². The highest BCUT2D eigenvalue weighted by molar-refractivity contribution is 7.27. The van der Waals surface area contributed by atoms with E-state index in [4.69, 9.17) is 24.4 Å². The molecule has 115 heavy (non-hydrogen) atoms. The zero-order chi connectivity index (χ0) is 76.1. The Labute approximate surface area is 678 Å². The monoisotopic (exact) mass is 1530 g/mol. The van der Waals surface area contributed by atoms with Crippen molar-refractivity contribution in [2.45, 2.75) is 94.8 Å². The largest absolute Gasteiger partial charge is 0.438 e. The Bertz CT molecular complexity index is 7690. The summed E-state index contributed by atoms with van der Waals surface area (Å²) < 4.78 is 13.2. The molecule has 546 valence electrons. The van der Waals surface area contributed by atoms with Crippen LogP contribution < -0.4 is 0 Å². The van der Waals surface area contributed by atoms with Gasteiger partial charge in [0.2, 0.25) is 5.71 Å². The fourth-order valence-electron chi connectivity index (χ4n) is 21.8. The highest BCUT2D eigenvalue weighted by Crippen LogP contribution is 2.63. The lowest BCUT2D eigenvalue weighted by Gasteiger charge is -2.36. The number of thiophene rings is 3. The molecule has 6 aromatic heterocycles. The summed E-state index contributed by atoms with van der Waals surface area (Å²) in [5.41, 5.74) is 35.4. The predicted molar refractivity (Wildman–Crippen MR) is 483 cm³/mol. The molecule has 20 aromatic rings. The van der Waals surface area contributed by atoms with Crippen LogP contribution in [0.4, 0.5) is 0 Å². The number of hydrogen-bond donors (Lipinski definition) is 0. The Kier molecular flexibility index (Phi) is 13.8. The number of fused-ring (bicyclic) bond motifs is 26. The Morgan fingerprint density at radius 2 is 0.774 bits per heavy atom. The van der Waals surface area contributed by atoms with Gasteiger partial charge in [0.05, 0.1) is 16.8 Å². The maximum absolute atomic E-state index is 7.15. The van der Waals surface area contributed by atoms with Gasteiger partial charge in [-0.15, -0.1) is 34.0 Å². The lowest BCUT2D eigenvalue weighted by atomic mass is 9.67. The molecule has 0 N–H and O–H groups in total. The minimum atomic E-state index is -0.341. The Morgan fingerprint density at radius 3 is 1.44 bits per heavy atom. The van der Waals surface area contributed by atoms with Crippen molar-refractivity contribution in [3.63, 3.8) is 0 Å². The average Bonchev–Trinajstić information content (AvgIpc) is 1.51. The van der Waals surface area contributed by atoms with Gasteiger partial charge in [0.1, 0.15) is 10.4 Å². The van der Waals surface area contributed by atoms with E-state index in [1.807, 2.05) is 22.7 Å². The zero-order valence-electron chi connectivity index (χ0n) is 64.3. The van der Waals surface area contributed by atoms with E-state index in [0.717, 1.165) is 90.0 Å². The van der Waals surface area contributed by atoms with Crippen LogP contribution in [0.5, 0.6) is 0 Å². The summed E-state index contributed by atoms with van der Waals surface area (Å²) in [5.74, 6) is 1.42. The van der Waals surface area contributed by atoms with E-state index in [1.165, 1.54) is 182 Å². The fourth-order valence-corrected chi connectivity index (χ4v) is 25.2. The van der Waals surface area contributed by atoms with Crippen molar-refractivity contribution in [1.29, 1.82) is 0 Å². The fraction of sp³-hybridized carbons (Fsp3) is 0.140. The summed E-state index contributed by atoms with van der Waals surface area (Å²) in [4.78, 5) is 22.9. The van der Waals surface area contributed by atoms with Crippen LogP contribution in [0.15, 0.2) is 290 Å². The van der Waals surface area contributed by atoms with Crippen molar-refractivity contribution in [2.24, 2.45) is 0 Å². The van der Waals surface area contributed by atoms with Crippen LogP contribution in [-0.2, 0) is 28.1 Å². The zero-order valence-corrected chi connectivity index (χ0v) is 66.7. The van der Waals surface area contributed by atoms with E-state index >= 15 is 0 Å². The molecule has 1 unspecified atom stereocenters. The van der Waals surface area contributed by atoms with Crippen molar-refractivity contribution in [2.75, 3.05) is 0 Å². The SMILES string of the molecule is CC1(C)c2ccccc2-c2cc3c(cc21)-c1ccc(-c2ccc4sc5c(-c6nc(-c7ccccc7)c7c(n6)oc6cc(CC8(C)c9ccccc9-c9cc%10c(cc98)-c8ccc(-c9ccc%11sc%12c(-c%13nc(-c%14ccccc%14)c%14c(n%13)sc%13ccccc%13%14)cccc%12c%11c9)cc8C%108CCCCC8)ccc67)cccc5c4c2)cc1C3(C)C. The van der Waals surface area contributed by atoms with E-state index in [2.05, 4.69) is 320 Å². The smallest absolute Gasteiger partial charge is 0.231 e. The van der Waals surface area contributed by atoms with Crippen LogP contribution in [0.2, 0.25) is 0 Å². The van der Waals surface area contributed by atoms with Gasteiger partial charge in [-0.2, -0.15) is 4.98 Å². The maximum atomic E-state index is 7.15. The molecule has 0 amide bonds. The molecule has 8 heteroatoms. The molecule has 1 fully saturated rings. The summed E-state index contributed by atoms with van der Waals surface area (Å²) >= 11 is 5.42. The van der Waals surface area contributed by atoms with Crippen LogP contribution in [0.25, 0.3) is 195 Å².